The van der Waals surface area contributed by atoms with Crippen LogP contribution in [0.25, 0.3) is 0 Å². The fourth-order valence-corrected chi connectivity index (χ4v) is 1.90. The molecule has 22 heavy (non-hydrogen) atoms. The van der Waals surface area contributed by atoms with Crippen LogP contribution in [0.4, 0.5) is 11.4 Å². The first-order chi connectivity index (χ1) is 10.4. The summed E-state index contributed by atoms with van der Waals surface area (Å²) in [5.41, 5.74) is -0.882. The molecule has 9 nitrogen and oxygen atoms in total. The first-order valence-electron chi connectivity index (χ1n) is 6.85. The lowest BCUT2D eigenvalue weighted by molar-refractivity contribution is -0.394. The number of nitro benzene ring substituents is 2. The summed E-state index contributed by atoms with van der Waals surface area (Å²) in [7, 11) is 0. The molecule has 9 heteroatoms. The fourth-order valence-electron chi connectivity index (χ4n) is 1.90. The zero-order valence-electron chi connectivity index (χ0n) is 12.5. The van der Waals surface area contributed by atoms with Gasteiger partial charge in [-0.15, -0.1) is 0 Å². The molecule has 0 radical (unpaired) electrons. The minimum atomic E-state index is -0.810. The molecule has 0 fully saturated rings. The maximum absolute atomic E-state index is 10.9. The Kier molecular flexibility index (Phi) is 6.67. The van der Waals surface area contributed by atoms with Gasteiger partial charge in [0, 0.05) is 12.6 Å². The summed E-state index contributed by atoms with van der Waals surface area (Å²) in [6.45, 7) is 5.70. The van der Waals surface area contributed by atoms with Gasteiger partial charge in [-0.1, -0.05) is 13.8 Å². The normalized spacial score (nSPS) is 12.2. The van der Waals surface area contributed by atoms with Gasteiger partial charge in [0.25, 0.3) is 5.69 Å². The van der Waals surface area contributed by atoms with Crippen LogP contribution < -0.4 is 4.74 Å². The van der Waals surface area contributed by atoms with Gasteiger partial charge in [0.1, 0.15) is 12.7 Å². The number of nitrogens with zero attached hydrogens (tertiary/aromatic N) is 3. The lowest BCUT2D eigenvalue weighted by Gasteiger charge is -2.21. The van der Waals surface area contributed by atoms with Crippen molar-refractivity contribution in [1.29, 1.82) is 0 Å². The number of nitro groups is 2. The van der Waals surface area contributed by atoms with Gasteiger partial charge < -0.3 is 14.7 Å². The van der Waals surface area contributed by atoms with E-state index in [9.17, 15) is 25.3 Å². The summed E-state index contributed by atoms with van der Waals surface area (Å²) in [6, 6.07) is 3.13. The van der Waals surface area contributed by atoms with Crippen LogP contribution in [0.2, 0.25) is 0 Å². The average molecular weight is 313 g/mol. The van der Waals surface area contributed by atoms with Gasteiger partial charge in [-0.3, -0.25) is 20.2 Å². The number of aliphatic hydroxyl groups is 1. The lowest BCUT2D eigenvalue weighted by atomic mass is 10.2. The molecular formula is C13H19N3O6. The third kappa shape index (κ3) is 4.93. The maximum Gasteiger partial charge on any atom is 0.317 e. The van der Waals surface area contributed by atoms with E-state index in [1.807, 2.05) is 18.7 Å². The molecule has 0 bridgehead atoms. The summed E-state index contributed by atoms with van der Waals surface area (Å²) >= 11 is 0. The Morgan fingerprint density at radius 2 is 1.86 bits per heavy atom. The van der Waals surface area contributed by atoms with Crippen LogP contribution in [0.3, 0.4) is 0 Å². The van der Waals surface area contributed by atoms with Crippen molar-refractivity contribution >= 4 is 11.4 Å². The van der Waals surface area contributed by atoms with Crippen molar-refractivity contribution in [2.24, 2.45) is 0 Å². The van der Waals surface area contributed by atoms with Gasteiger partial charge in [-0.2, -0.15) is 0 Å². The standard InChI is InChI=1S/C13H19N3O6/c1-3-14(4-2)8-11(17)9-22-13-6-5-10(15(18)19)7-12(13)16(20)21/h5-7,11,17H,3-4,8-9H2,1-2H3. The Labute approximate surface area is 127 Å². The van der Waals surface area contributed by atoms with Gasteiger partial charge in [0.05, 0.1) is 15.9 Å². The number of non-ortho nitro benzene ring substituents is 1. The molecule has 0 spiro atoms. The molecule has 1 rings (SSSR count). The Balaban J connectivity index is 2.76. The van der Waals surface area contributed by atoms with E-state index in [1.54, 1.807) is 0 Å². The smallest absolute Gasteiger partial charge is 0.317 e. The molecule has 1 unspecified atom stereocenters. The van der Waals surface area contributed by atoms with E-state index in [4.69, 9.17) is 4.74 Å². The molecule has 0 aliphatic carbocycles. The van der Waals surface area contributed by atoms with E-state index in [-0.39, 0.29) is 18.0 Å². The number of benzene rings is 1. The van der Waals surface area contributed by atoms with E-state index < -0.39 is 21.6 Å². The number of ether oxygens (including phenoxy) is 1. The van der Waals surface area contributed by atoms with Gasteiger partial charge in [-0.05, 0) is 19.2 Å². The Morgan fingerprint density at radius 3 is 2.36 bits per heavy atom. The van der Waals surface area contributed by atoms with Crippen LogP contribution in [0.15, 0.2) is 18.2 Å². The van der Waals surface area contributed by atoms with Crippen molar-refractivity contribution in [2.45, 2.75) is 20.0 Å². The van der Waals surface area contributed by atoms with Crippen molar-refractivity contribution in [2.75, 3.05) is 26.2 Å². The van der Waals surface area contributed by atoms with Crippen molar-refractivity contribution in [3.63, 3.8) is 0 Å². The minimum Gasteiger partial charge on any atom is -0.484 e. The molecule has 0 saturated heterocycles. The third-order valence-corrected chi connectivity index (χ3v) is 3.14. The largest absolute Gasteiger partial charge is 0.484 e. The highest BCUT2D eigenvalue weighted by Crippen LogP contribution is 2.31. The number of rotatable bonds is 9. The van der Waals surface area contributed by atoms with Gasteiger partial charge in [0.2, 0.25) is 0 Å². The zero-order valence-corrected chi connectivity index (χ0v) is 12.5. The van der Waals surface area contributed by atoms with Crippen LogP contribution in [0, 0.1) is 20.2 Å². The molecule has 1 atom stereocenters. The summed E-state index contributed by atoms with van der Waals surface area (Å²) in [6.07, 6.45) is -0.810. The van der Waals surface area contributed by atoms with Crippen molar-refractivity contribution in [3.05, 3.63) is 38.4 Å². The van der Waals surface area contributed by atoms with Crippen LogP contribution in [-0.2, 0) is 0 Å². The van der Waals surface area contributed by atoms with Crippen molar-refractivity contribution < 1.29 is 19.7 Å². The summed E-state index contributed by atoms with van der Waals surface area (Å²) < 4.78 is 5.24. The van der Waals surface area contributed by atoms with Crippen LogP contribution in [0.1, 0.15) is 13.8 Å². The molecule has 0 aliphatic heterocycles. The van der Waals surface area contributed by atoms with Crippen LogP contribution >= 0.6 is 0 Å². The molecule has 1 aromatic rings. The maximum atomic E-state index is 10.9. The summed E-state index contributed by atoms with van der Waals surface area (Å²) in [4.78, 5) is 22.1. The molecule has 0 aliphatic rings. The highest BCUT2D eigenvalue weighted by atomic mass is 16.6. The second-order valence-corrected chi connectivity index (χ2v) is 4.62. The van der Waals surface area contributed by atoms with Gasteiger partial charge in [-0.25, -0.2) is 0 Å². The molecule has 1 N–H and O–H groups in total. The number of likely N-dealkylation sites (N-methyl/N-ethyl adjacent to an activating group) is 1. The van der Waals surface area contributed by atoms with E-state index in [0.717, 1.165) is 25.2 Å². The summed E-state index contributed by atoms with van der Waals surface area (Å²) in [5, 5.41) is 31.5. The molecule has 122 valence electrons. The average Bonchev–Trinajstić information content (AvgIpc) is 2.50. The zero-order chi connectivity index (χ0) is 16.7. The molecule has 1 aromatic carbocycles. The SMILES string of the molecule is CCN(CC)CC(O)COc1ccc([N+](=O)[O-])cc1[N+](=O)[O-]. The first kappa shape index (κ1) is 17.8. The molecular weight excluding hydrogens is 294 g/mol. The van der Waals surface area contributed by atoms with E-state index >= 15 is 0 Å². The Hall–Kier alpha value is -2.26. The van der Waals surface area contributed by atoms with E-state index in [2.05, 4.69) is 0 Å². The molecule has 0 amide bonds. The minimum absolute atomic E-state index is 0.103. The Morgan fingerprint density at radius 1 is 1.23 bits per heavy atom. The van der Waals surface area contributed by atoms with Gasteiger partial charge in [0.15, 0.2) is 5.75 Å². The van der Waals surface area contributed by atoms with Crippen LogP contribution in [-0.4, -0.2) is 52.2 Å². The predicted octanol–water partition coefficient (Wildman–Crippen LogP) is 1.58. The monoisotopic (exact) mass is 313 g/mol. The van der Waals surface area contributed by atoms with Gasteiger partial charge >= 0.3 is 5.69 Å². The highest BCUT2D eigenvalue weighted by molar-refractivity contribution is 5.53. The highest BCUT2D eigenvalue weighted by Gasteiger charge is 2.21. The third-order valence-electron chi connectivity index (χ3n) is 3.14. The van der Waals surface area contributed by atoms with E-state index in [1.165, 1.54) is 6.07 Å². The molecule has 0 aromatic heterocycles. The summed E-state index contributed by atoms with van der Waals surface area (Å²) in [5.74, 6) is -0.103. The second-order valence-electron chi connectivity index (χ2n) is 4.62. The number of hydrogen-bond acceptors (Lipinski definition) is 7. The predicted molar refractivity (Wildman–Crippen MR) is 79.0 cm³/mol. The second kappa shape index (κ2) is 8.25. The quantitative estimate of drug-likeness (QED) is 0.543. The van der Waals surface area contributed by atoms with E-state index in [0.29, 0.717) is 6.54 Å². The van der Waals surface area contributed by atoms with Crippen molar-refractivity contribution in [1.82, 2.24) is 4.90 Å². The topological polar surface area (TPSA) is 119 Å². The Bertz CT molecular complexity index is 533. The number of hydrogen-bond donors (Lipinski definition) is 1. The van der Waals surface area contributed by atoms with Crippen LogP contribution in [0.5, 0.6) is 5.75 Å². The molecule has 0 heterocycles. The lowest BCUT2D eigenvalue weighted by Crippen LogP contribution is -2.35. The first-order valence-corrected chi connectivity index (χ1v) is 6.85. The molecule has 0 saturated carbocycles. The van der Waals surface area contributed by atoms with Crippen molar-refractivity contribution in [3.8, 4) is 5.75 Å². The fraction of sp³-hybridized carbons (Fsp3) is 0.538. The number of aliphatic hydroxyl groups excluding tert-OH is 1.